The molecule has 1 saturated carbocycles. The predicted molar refractivity (Wildman–Crippen MR) is 86.5 cm³/mol. The third kappa shape index (κ3) is 5.12. The van der Waals surface area contributed by atoms with E-state index in [0.29, 0.717) is 12.5 Å². The zero-order chi connectivity index (χ0) is 18.2. The normalized spacial score (nSPS) is 19.2. The molecule has 6 heteroatoms. The Kier molecular flexibility index (Phi) is 7.50. The van der Waals surface area contributed by atoms with E-state index in [0.717, 1.165) is 6.42 Å². The van der Waals surface area contributed by atoms with Crippen LogP contribution in [0.5, 0.6) is 0 Å². The Bertz CT molecular complexity index is 550. The van der Waals surface area contributed by atoms with Crippen molar-refractivity contribution in [1.82, 2.24) is 0 Å². The summed E-state index contributed by atoms with van der Waals surface area (Å²) in [6, 6.07) is 0. The molecule has 1 aliphatic carbocycles. The van der Waals surface area contributed by atoms with Gasteiger partial charge in [0.05, 0.1) is 20.8 Å². The maximum atomic E-state index is 12.2. The smallest absolute Gasteiger partial charge is 0.324 e. The van der Waals surface area contributed by atoms with Crippen molar-refractivity contribution in [2.45, 2.75) is 33.1 Å². The third-order valence-electron chi connectivity index (χ3n) is 4.05. The summed E-state index contributed by atoms with van der Waals surface area (Å²) in [6.07, 6.45) is 4.83. The Labute approximate surface area is 142 Å². The molecule has 1 aliphatic rings. The summed E-state index contributed by atoms with van der Waals surface area (Å²) in [6.45, 7) is 3.41. The number of hydrogen-bond donors (Lipinski definition) is 0. The van der Waals surface area contributed by atoms with Gasteiger partial charge >= 0.3 is 17.9 Å². The summed E-state index contributed by atoms with van der Waals surface area (Å²) in [5.74, 6) is 4.43. The van der Waals surface area contributed by atoms with Crippen molar-refractivity contribution in [2.75, 3.05) is 20.8 Å². The number of carbonyl (C=O) groups excluding carboxylic acids is 3. The molecule has 1 rings (SSSR count). The Morgan fingerprint density at radius 2 is 1.83 bits per heavy atom. The lowest BCUT2D eigenvalue weighted by atomic mass is 9.81. The van der Waals surface area contributed by atoms with Gasteiger partial charge in [-0.05, 0) is 31.6 Å². The van der Waals surface area contributed by atoms with Crippen molar-refractivity contribution in [3.63, 3.8) is 0 Å². The van der Waals surface area contributed by atoms with Crippen LogP contribution in [-0.4, -0.2) is 38.7 Å². The van der Waals surface area contributed by atoms with Gasteiger partial charge in [0.15, 0.2) is 5.41 Å². The van der Waals surface area contributed by atoms with Gasteiger partial charge in [0.1, 0.15) is 0 Å². The van der Waals surface area contributed by atoms with E-state index in [1.54, 1.807) is 13.0 Å². The van der Waals surface area contributed by atoms with Gasteiger partial charge in [-0.3, -0.25) is 14.4 Å². The molecule has 0 unspecified atom stereocenters. The van der Waals surface area contributed by atoms with Crippen molar-refractivity contribution >= 4 is 17.9 Å². The Morgan fingerprint density at radius 1 is 1.21 bits per heavy atom. The molecule has 132 valence electrons. The molecule has 1 fully saturated rings. The third-order valence-corrected chi connectivity index (χ3v) is 4.05. The average Bonchev–Trinajstić information content (AvgIpc) is 3.33. The number of rotatable bonds is 8. The van der Waals surface area contributed by atoms with Gasteiger partial charge < -0.3 is 14.2 Å². The molecule has 0 amide bonds. The summed E-state index contributed by atoms with van der Waals surface area (Å²) < 4.78 is 14.6. The lowest BCUT2D eigenvalue weighted by Crippen LogP contribution is -2.40. The minimum atomic E-state index is -1.46. The molecule has 0 aromatic carbocycles. The second-order valence-corrected chi connectivity index (χ2v) is 5.76. The lowest BCUT2D eigenvalue weighted by Gasteiger charge is -2.24. The Morgan fingerprint density at radius 3 is 2.33 bits per heavy atom. The molecule has 0 aromatic rings. The van der Waals surface area contributed by atoms with Crippen LogP contribution in [0, 0.1) is 29.1 Å². The highest BCUT2D eigenvalue weighted by Gasteiger charge is 2.47. The second-order valence-electron chi connectivity index (χ2n) is 5.76. The first-order valence-electron chi connectivity index (χ1n) is 7.77. The molecular formula is C18H24O6. The molecule has 0 aliphatic heterocycles. The molecule has 0 N–H and O–H groups in total. The standard InChI is InChI=1S/C18H24O6/c1-5-6-9-18(16(20)22-3,17(21)23-4)10-7-8-14-11-15(14)12-24-13(2)19/h7-8,14-15H,9-12H2,1-4H3/b8-7+/t14-,15+/m0/s1. The summed E-state index contributed by atoms with van der Waals surface area (Å²) in [5, 5.41) is 0. The van der Waals surface area contributed by atoms with Gasteiger partial charge in [0, 0.05) is 13.3 Å². The van der Waals surface area contributed by atoms with Crippen LogP contribution < -0.4 is 0 Å². The highest BCUT2D eigenvalue weighted by Crippen LogP contribution is 2.40. The molecule has 0 saturated heterocycles. The van der Waals surface area contributed by atoms with Crippen molar-refractivity contribution < 1.29 is 28.6 Å². The van der Waals surface area contributed by atoms with Gasteiger partial charge in [-0.2, -0.15) is 0 Å². The van der Waals surface area contributed by atoms with Crippen molar-refractivity contribution in [3.05, 3.63) is 12.2 Å². The fourth-order valence-corrected chi connectivity index (χ4v) is 2.46. The van der Waals surface area contributed by atoms with Crippen LogP contribution in [0.2, 0.25) is 0 Å². The Hall–Kier alpha value is -2.29. The van der Waals surface area contributed by atoms with Crippen LogP contribution in [0.25, 0.3) is 0 Å². The summed E-state index contributed by atoms with van der Waals surface area (Å²) in [7, 11) is 2.47. The van der Waals surface area contributed by atoms with Gasteiger partial charge in [-0.15, -0.1) is 11.8 Å². The van der Waals surface area contributed by atoms with Gasteiger partial charge in [-0.25, -0.2) is 0 Å². The van der Waals surface area contributed by atoms with Crippen molar-refractivity contribution in [2.24, 2.45) is 17.3 Å². The molecule has 0 bridgehead atoms. The molecule has 2 atom stereocenters. The fourth-order valence-electron chi connectivity index (χ4n) is 2.46. The van der Waals surface area contributed by atoms with Crippen LogP contribution in [-0.2, 0) is 28.6 Å². The van der Waals surface area contributed by atoms with E-state index >= 15 is 0 Å². The van der Waals surface area contributed by atoms with Gasteiger partial charge in [0.25, 0.3) is 0 Å². The van der Waals surface area contributed by atoms with E-state index in [4.69, 9.17) is 14.2 Å². The highest BCUT2D eigenvalue weighted by atomic mass is 16.5. The first-order valence-corrected chi connectivity index (χ1v) is 7.77. The largest absolute Gasteiger partial charge is 0.468 e. The number of allylic oxidation sites excluding steroid dienone is 2. The zero-order valence-corrected chi connectivity index (χ0v) is 14.6. The molecule has 0 heterocycles. The van der Waals surface area contributed by atoms with Crippen LogP contribution in [0.1, 0.15) is 33.1 Å². The Balaban J connectivity index is 2.76. The van der Waals surface area contributed by atoms with E-state index in [9.17, 15) is 14.4 Å². The van der Waals surface area contributed by atoms with Crippen LogP contribution in [0.3, 0.4) is 0 Å². The highest BCUT2D eigenvalue weighted by molar-refractivity contribution is 6.00. The maximum absolute atomic E-state index is 12.2. The van der Waals surface area contributed by atoms with E-state index in [2.05, 4.69) is 11.8 Å². The van der Waals surface area contributed by atoms with Gasteiger partial charge in [-0.1, -0.05) is 12.2 Å². The number of hydrogen-bond acceptors (Lipinski definition) is 6. The van der Waals surface area contributed by atoms with E-state index in [1.165, 1.54) is 21.1 Å². The van der Waals surface area contributed by atoms with Crippen molar-refractivity contribution in [1.29, 1.82) is 0 Å². The van der Waals surface area contributed by atoms with E-state index in [-0.39, 0.29) is 24.7 Å². The quantitative estimate of drug-likeness (QED) is 0.221. The average molecular weight is 336 g/mol. The van der Waals surface area contributed by atoms with Crippen LogP contribution in [0.4, 0.5) is 0 Å². The fraction of sp³-hybridized carbons (Fsp3) is 0.611. The molecule has 6 nitrogen and oxygen atoms in total. The molecule has 0 spiro atoms. The minimum Gasteiger partial charge on any atom is -0.468 e. The maximum Gasteiger partial charge on any atom is 0.324 e. The number of carbonyl (C=O) groups is 3. The number of esters is 3. The van der Waals surface area contributed by atoms with E-state index < -0.39 is 17.4 Å². The zero-order valence-electron chi connectivity index (χ0n) is 14.6. The first kappa shape index (κ1) is 19.8. The predicted octanol–water partition coefficient (Wildman–Crippen LogP) is 1.88. The van der Waals surface area contributed by atoms with Crippen LogP contribution >= 0.6 is 0 Å². The minimum absolute atomic E-state index is 0.0364. The van der Waals surface area contributed by atoms with Gasteiger partial charge in [0.2, 0.25) is 0 Å². The summed E-state index contributed by atoms with van der Waals surface area (Å²) in [5.41, 5.74) is -1.46. The number of methoxy groups -OCH3 is 2. The van der Waals surface area contributed by atoms with E-state index in [1.807, 2.05) is 6.08 Å². The second kappa shape index (κ2) is 9.11. The molecule has 0 radical (unpaired) electrons. The molecule has 0 aromatic heterocycles. The summed E-state index contributed by atoms with van der Waals surface area (Å²) >= 11 is 0. The molecular weight excluding hydrogens is 312 g/mol. The lowest BCUT2D eigenvalue weighted by molar-refractivity contribution is -0.168. The first-order chi connectivity index (χ1) is 11.4. The van der Waals surface area contributed by atoms with Crippen LogP contribution in [0.15, 0.2) is 12.2 Å². The summed E-state index contributed by atoms with van der Waals surface area (Å²) in [4.78, 5) is 35.2. The number of ether oxygens (including phenoxy) is 3. The molecule has 24 heavy (non-hydrogen) atoms. The SMILES string of the molecule is CC#CCC(C/C=C/[C@H]1C[C@@H]1COC(C)=O)(C(=O)OC)C(=O)OC. The monoisotopic (exact) mass is 336 g/mol. The topological polar surface area (TPSA) is 78.9 Å². The van der Waals surface area contributed by atoms with Crippen molar-refractivity contribution in [3.8, 4) is 11.8 Å².